The quantitative estimate of drug-likeness (QED) is 0.342. The highest BCUT2D eigenvalue weighted by molar-refractivity contribution is 5.91. The SMILES string of the molecule is CC1NC(c2ccccc2)=C(c2ccccc2)N1CCCCCCNC(=O)Oc1ccc(F)cc1. The number of carbonyl (C=O) groups excluding carboxylic acids is 1. The molecule has 35 heavy (non-hydrogen) atoms. The van der Waals surface area contributed by atoms with Crippen LogP contribution in [0.1, 0.15) is 43.7 Å². The largest absolute Gasteiger partial charge is 0.412 e. The molecule has 0 saturated heterocycles. The van der Waals surface area contributed by atoms with Gasteiger partial charge in [0.25, 0.3) is 0 Å². The van der Waals surface area contributed by atoms with Crippen molar-refractivity contribution in [2.24, 2.45) is 0 Å². The first-order valence-electron chi connectivity index (χ1n) is 12.2. The number of carbonyl (C=O) groups is 1. The average Bonchev–Trinajstić information content (AvgIpc) is 3.22. The first-order chi connectivity index (χ1) is 17.1. The van der Waals surface area contributed by atoms with E-state index in [1.54, 1.807) is 0 Å². The maximum atomic E-state index is 12.9. The molecule has 1 amide bonds. The molecule has 1 heterocycles. The molecule has 3 aromatic rings. The predicted octanol–water partition coefficient (Wildman–Crippen LogP) is 6.25. The van der Waals surface area contributed by atoms with Gasteiger partial charge in [0.2, 0.25) is 0 Å². The molecular formula is C29H32FN3O2. The van der Waals surface area contributed by atoms with Crippen LogP contribution in [0.2, 0.25) is 0 Å². The van der Waals surface area contributed by atoms with E-state index >= 15 is 0 Å². The van der Waals surface area contributed by atoms with Crippen LogP contribution in [0.4, 0.5) is 9.18 Å². The van der Waals surface area contributed by atoms with Gasteiger partial charge in [-0.25, -0.2) is 9.18 Å². The summed E-state index contributed by atoms with van der Waals surface area (Å²) < 4.78 is 18.1. The van der Waals surface area contributed by atoms with Crippen LogP contribution in [0, 0.1) is 5.82 Å². The van der Waals surface area contributed by atoms with Crippen LogP contribution in [0.3, 0.4) is 0 Å². The maximum Gasteiger partial charge on any atom is 0.412 e. The third-order valence-corrected chi connectivity index (χ3v) is 6.07. The minimum absolute atomic E-state index is 0.211. The van der Waals surface area contributed by atoms with Gasteiger partial charge in [-0.15, -0.1) is 0 Å². The summed E-state index contributed by atoms with van der Waals surface area (Å²) in [7, 11) is 0. The molecule has 0 fully saturated rings. The van der Waals surface area contributed by atoms with E-state index in [9.17, 15) is 9.18 Å². The molecule has 2 N–H and O–H groups in total. The number of hydrogen-bond acceptors (Lipinski definition) is 4. The van der Waals surface area contributed by atoms with Gasteiger partial charge < -0.3 is 20.3 Å². The van der Waals surface area contributed by atoms with E-state index < -0.39 is 6.09 Å². The molecule has 1 atom stereocenters. The Bertz CT molecular complexity index is 1120. The Morgan fingerprint density at radius 3 is 2.20 bits per heavy atom. The van der Waals surface area contributed by atoms with Crippen molar-refractivity contribution >= 4 is 17.5 Å². The number of hydrogen-bond donors (Lipinski definition) is 2. The number of ether oxygens (including phenoxy) is 1. The van der Waals surface area contributed by atoms with E-state index in [0.29, 0.717) is 12.3 Å². The van der Waals surface area contributed by atoms with Gasteiger partial charge >= 0.3 is 6.09 Å². The summed E-state index contributed by atoms with van der Waals surface area (Å²) in [5.74, 6) is -0.0334. The van der Waals surface area contributed by atoms with Crippen molar-refractivity contribution < 1.29 is 13.9 Å². The highest BCUT2D eigenvalue weighted by Gasteiger charge is 2.29. The zero-order valence-corrected chi connectivity index (χ0v) is 20.0. The number of benzene rings is 3. The fourth-order valence-electron chi connectivity index (χ4n) is 4.33. The zero-order valence-electron chi connectivity index (χ0n) is 20.0. The number of nitrogens with one attached hydrogen (secondary N) is 2. The average molecular weight is 474 g/mol. The minimum Gasteiger partial charge on any atom is -0.410 e. The van der Waals surface area contributed by atoms with Crippen LogP contribution in [0.5, 0.6) is 5.75 Å². The smallest absolute Gasteiger partial charge is 0.410 e. The van der Waals surface area contributed by atoms with Crippen molar-refractivity contribution in [2.75, 3.05) is 13.1 Å². The Morgan fingerprint density at radius 1 is 0.886 bits per heavy atom. The summed E-state index contributed by atoms with van der Waals surface area (Å²) in [5.41, 5.74) is 4.83. The Balaban J connectivity index is 1.25. The minimum atomic E-state index is -0.514. The normalized spacial score (nSPS) is 15.1. The van der Waals surface area contributed by atoms with Crippen molar-refractivity contribution in [1.82, 2.24) is 15.5 Å². The van der Waals surface area contributed by atoms with Gasteiger partial charge in [0.1, 0.15) is 11.6 Å². The van der Waals surface area contributed by atoms with Crippen LogP contribution in [0.25, 0.3) is 11.4 Å². The van der Waals surface area contributed by atoms with Crippen molar-refractivity contribution in [3.05, 3.63) is 102 Å². The zero-order chi connectivity index (χ0) is 24.5. The molecule has 5 nitrogen and oxygen atoms in total. The second-order valence-electron chi connectivity index (χ2n) is 8.65. The lowest BCUT2D eigenvalue weighted by molar-refractivity contribution is 0.200. The lowest BCUT2D eigenvalue weighted by Crippen LogP contribution is -2.34. The van der Waals surface area contributed by atoms with Gasteiger partial charge in [0, 0.05) is 13.1 Å². The summed E-state index contributed by atoms with van der Waals surface area (Å²) >= 11 is 0. The second-order valence-corrected chi connectivity index (χ2v) is 8.65. The van der Waals surface area contributed by atoms with E-state index in [-0.39, 0.29) is 12.0 Å². The fourth-order valence-corrected chi connectivity index (χ4v) is 4.33. The fraction of sp³-hybridized carbons (Fsp3) is 0.276. The van der Waals surface area contributed by atoms with E-state index in [2.05, 4.69) is 71.0 Å². The molecule has 1 aliphatic heterocycles. The third kappa shape index (κ3) is 6.63. The molecule has 0 spiro atoms. The number of halogens is 1. The van der Waals surface area contributed by atoms with Gasteiger partial charge in [-0.05, 0) is 55.2 Å². The van der Waals surface area contributed by atoms with E-state index in [1.165, 1.54) is 46.8 Å². The monoisotopic (exact) mass is 473 g/mol. The summed E-state index contributed by atoms with van der Waals surface area (Å²) in [6.45, 7) is 3.71. The molecule has 1 unspecified atom stereocenters. The van der Waals surface area contributed by atoms with Gasteiger partial charge in [0.05, 0.1) is 17.6 Å². The van der Waals surface area contributed by atoms with Crippen molar-refractivity contribution in [3.63, 3.8) is 0 Å². The van der Waals surface area contributed by atoms with Crippen molar-refractivity contribution in [3.8, 4) is 5.75 Å². The van der Waals surface area contributed by atoms with E-state index in [0.717, 1.165) is 32.2 Å². The number of unbranched alkanes of at least 4 members (excludes halogenated alkanes) is 3. The van der Waals surface area contributed by atoms with Crippen LogP contribution in [-0.2, 0) is 0 Å². The molecule has 0 saturated carbocycles. The molecular weight excluding hydrogens is 441 g/mol. The Kier molecular flexibility index (Phi) is 8.39. The van der Waals surface area contributed by atoms with Gasteiger partial charge in [-0.2, -0.15) is 0 Å². The molecule has 0 bridgehead atoms. The predicted molar refractivity (Wildman–Crippen MR) is 138 cm³/mol. The Hall–Kier alpha value is -3.80. The van der Waals surface area contributed by atoms with Gasteiger partial charge in [-0.3, -0.25) is 0 Å². The van der Waals surface area contributed by atoms with E-state index in [1.807, 2.05) is 12.1 Å². The third-order valence-electron chi connectivity index (χ3n) is 6.07. The lowest BCUT2D eigenvalue weighted by atomic mass is 10.0. The van der Waals surface area contributed by atoms with Crippen LogP contribution < -0.4 is 15.4 Å². The summed E-state index contributed by atoms with van der Waals surface area (Å²) in [4.78, 5) is 14.3. The summed E-state index contributed by atoms with van der Waals surface area (Å²) in [6, 6.07) is 26.4. The van der Waals surface area contributed by atoms with E-state index in [4.69, 9.17) is 4.74 Å². The first-order valence-corrected chi connectivity index (χ1v) is 12.2. The molecule has 0 aromatic heterocycles. The van der Waals surface area contributed by atoms with Crippen LogP contribution in [-0.4, -0.2) is 30.2 Å². The van der Waals surface area contributed by atoms with Crippen molar-refractivity contribution in [1.29, 1.82) is 0 Å². The van der Waals surface area contributed by atoms with Gasteiger partial charge in [0.15, 0.2) is 0 Å². The molecule has 0 aliphatic carbocycles. The number of amides is 1. The maximum absolute atomic E-state index is 12.9. The van der Waals surface area contributed by atoms with Crippen LogP contribution >= 0.6 is 0 Å². The highest BCUT2D eigenvalue weighted by Crippen LogP contribution is 2.34. The summed E-state index contributed by atoms with van der Waals surface area (Å²) in [6.07, 6.45) is 3.72. The van der Waals surface area contributed by atoms with Crippen molar-refractivity contribution in [2.45, 2.75) is 38.8 Å². The second kappa shape index (κ2) is 12.1. The Morgan fingerprint density at radius 2 is 1.51 bits per heavy atom. The Labute approximate surface area is 206 Å². The molecule has 1 aliphatic rings. The lowest BCUT2D eigenvalue weighted by Gasteiger charge is -2.27. The number of rotatable bonds is 10. The highest BCUT2D eigenvalue weighted by atomic mass is 19.1. The molecule has 0 radical (unpaired) electrons. The summed E-state index contributed by atoms with van der Waals surface area (Å²) in [5, 5.41) is 6.44. The topological polar surface area (TPSA) is 53.6 Å². The molecule has 182 valence electrons. The van der Waals surface area contributed by atoms with Gasteiger partial charge in [-0.1, -0.05) is 73.5 Å². The van der Waals surface area contributed by atoms with Crippen LogP contribution in [0.15, 0.2) is 84.9 Å². The number of nitrogens with zero attached hydrogens (tertiary/aromatic N) is 1. The molecule has 4 rings (SSSR count). The standard InChI is InChI=1S/C29H32FN3O2/c1-22-32-27(23-12-6-4-7-13-23)28(24-14-8-5-9-15-24)33(22)21-11-3-2-10-20-31-29(34)35-26-18-16-25(30)17-19-26/h4-9,12-19,22,32H,2-3,10-11,20-21H2,1H3,(H,31,34). The first kappa shape index (κ1) is 24.3. The molecule has 3 aromatic carbocycles. The molecule has 6 heteroatoms.